The number of halogens is 3. The number of carbonyl (C=O) groups excluding carboxylic acids is 2. The predicted octanol–water partition coefficient (Wildman–Crippen LogP) is 3.51. The number of ether oxygens (including phenoxy) is 2. The van der Waals surface area contributed by atoms with Gasteiger partial charge in [0.15, 0.2) is 6.61 Å². The topological polar surface area (TPSA) is 64.6 Å². The van der Waals surface area contributed by atoms with Crippen LogP contribution in [-0.4, -0.2) is 25.6 Å². The number of amides is 1. The van der Waals surface area contributed by atoms with E-state index in [0.29, 0.717) is 0 Å². The van der Waals surface area contributed by atoms with Crippen LogP contribution in [0.5, 0.6) is 5.75 Å². The zero-order valence-electron chi connectivity index (χ0n) is 13.1. The Morgan fingerprint density at radius 2 is 1.80 bits per heavy atom. The van der Waals surface area contributed by atoms with Crippen LogP contribution in [0.3, 0.4) is 0 Å². The summed E-state index contributed by atoms with van der Waals surface area (Å²) in [4.78, 5) is 23.7. The maximum Gasteiger partial charge on any atom is 0.416 e. The molecule has 0 fully saturated rings. The molecule has 132 valence electrons. The number of alkyl halides is 3. The van der Waals surface area contributed by atoms with Crippen LogP contribution in [0.2, 0.25) is 0 Å². The molecule has 2 aromatic rings. The first-order valence-corrected chi connectivity index (χ1v) is 7.08. The number of hydrogen-bond acceptors (Lipinski definition) is 4. The lowest BCUT2D eigenvalue weighted by Crippen LogP contribution is -2.21. The summed E-state index contributed by atoms with van der Waals surface area (Å²) >= 11 is 0. The number of esters is 1. The van der Waals surface area contributed by atoms with Crippen molar-refractivity contribution in [3.8, 4) is 5.75 Å². The van der Waals surface area contributed by atoms with E-state index in [1.165, 1.54) is 25.3 Å². The quantitative estimate of drug-likeness (QED) is 0.836. The molecule has 0 spiro atoms. The second-order valence-corrected chi connectivity index (χ2v) is 4.90. The van der Waals surface area contributed by atoms with Crippen LogP contribution in [0.4, 0.5) is 18.9 Å². The van der Waals surface area contributed by atoms with Crippen LogP contribution >= 0.6 is 0 Å². The van der Waals surface area contributed by atoms with Crippen molar-refractivity contribution in [1.29, 1.82) is 0 Å². The first kappa shape index (κ1) is 18.3. The first-order valence-electron chi connectivity index (χ1n) is 7.08. The van der Waals surface area contributed by atoms with Crippen molar-refractivity contribution in [2.75, 3.05) is 19.0 Å². The van der Waals surface area contributed by atoms with Crippen molar-refractivity contribution in [1.82, 2.24) is 0 Å². The number of rotatable bonds is 5. The van der Waals surface area contributed by atoms with E-state index in [9.17, 15) is 22.8 Å². The summed E-state index contributed by atoms with van der Waals surface area (Å²) in [5, 5.41) is 2.24. The fourth-order valence-electron chi connectivity index (χ4n) is 1.99. The van der Waals surface area contributed by atoms with Gasteiger partial charge in [-0.1, -0.05) is 18.2 Å². The van der Waals surface area contributed by atoms with E-state index < -0.39 is 30.2 Å². The molecular formula is C17H14F3NO4. The molecule has 2 aromatic carbocycles. The highest BCUT2D eigenvalue weighted by Gasteiger charge is 2.30. The number of nitrogens with one attached hydrogen (secondary N) is 1. The largest absolute Gasteiger partial charge is 0.496 e. The fourth-order valence-corrected chi connectivity index (χ4v) is 1.99. The van der Waals surface area contributed by atoms with Crippen LogP contribution in [0.25, 0.3) is 0 Å². The van der Waals surface area contributed by atoms with E-state index in [4.69, 9.17) is 9.47 Å². The Morgan fingerprint density at radius 1 is 1.08 bits per heavy atom. The summed E-state index contributed by atoms with van der Waals surface area (Å²) in [6, 6.07) is 10.4. The third-order valence-electron chi connectivity index (χ3n) is 3.13. The highest BCUT2D eigenvalue weighted by Crippen LogP contribution is 2.30. The van der Waals surface area contributed by atoms with Gasteiger partial charge in [-0.15, -0.1) is 0 Å². The highest BCUT2D eigenvalue weighted by atomic mass is 19.4. The Kier molecular flexibility index (Phi) is 5.63. The van der Waals surface area contributed by atoms with Crippen molar-refractivity contribution in [3.63, 3.8) is 0 Å². The molecule has 1 N–H and O–H groups in total. The van der Waals surface area contributed by atoms with Crippen LogP contribution in [0.1, 0.15) is 15.9 Å². The normalized spacial score (nSPS) is 10.9. The van der Waals surface area contributed by atoms with E-state index in [1.807, 2.05) is 0 Å². The Bertz CT molecular complexity index is 774. The molecular weight excluding hydrogens is 339 g/mol. The van der Waals surface area contributed by atoms with Crippen molar-refractivity contribution in [3.05, 3.63) is 59.7 Å². The molecule has 0 atom stereocenters. The molecule has 0 saturated carbocycles. The lowest BCUT2D eigenvalue weighted by molar-refractivity contribution is -0.137. The number of anilines is 1. The molecule has 0 aliphatic heterocycles. The smallest absolute Gasteiger partial charge is 0.416 e. The second kappa shape index (κ2) is 7.69. The number of hydrogen-bond donors (Lipinski definition) is 1. The molecule has 0 bridgehead atoms. The number of benzene rings is 2. The minimum atomic E-state index is -4.52. The lowest BCUT2D eigenvalue weighted by Gasteiger charge is -2.11. The minimum Gasteiger partial charge on any atom is -0.496 e. The molecule has 0 radical (unpaired) electrons. The van der Waals surface area contributed by atoms with Gasteiger partial charge in [0, 0.05) is 5.69 Å². The van der Waals surface area contributed by atoms with Gasteiger partial charge in [-0.2, -0.15) is 13.2 Å². The van der Waals surface area contributed by atoms with Crippen molar-refractivity contribution in [2.24, 2.45) is 0 Å². The number of para-hydroxylation sites is 1. The third-order valence-corrected chi connectivity index (χ3v) is 3.13. The summed E-state index contributed by atoms with van der Waals surface area (Å²) in [6.07, 6.45) is -4.52. The Balaban J connectivity index is 1.96. The van der Waals surface area contributed by atoms with Gasteiger partial charge in [-0.3, -0.25) is 4.79 Å². The van der Waals surface area contributed by atoms with E-state index in [1.54, 1.807) is 18.2 Å². The molecule has 0 aromatic heterocycles. The third kappa shape index (κ3) is 4.97. The number of methoxy groups -OCH3 is 1. The van der Waals surface area contributed by atoms with Crippen LogP contribution in [0.15, 0.2) is 48.5 Å². The molecule has 0 aliphatic carbocycles. The van der Waals surface area contributed by atoms with Gasteiger partial charge in [0.1, 0.15) is 11.3 Å². The Hall–Kier alpha value is -3.03. The van der Waals surface area contributed by atoms with E-state index in [2.05, 4.69) is 5.32 Å². The van der Waals surface area contributed by atoms with Gasteiger partial charge >= 0.3 is 12.1 Å². The summed E-state index contributed by atoms with van der Waals surface area (Å²) in [5.41, 5.74) is -0.804. The van der Waals surface area contributed by atoms with Crippen LogP contribution in [-0.2, 0) is 15.7 Å². The molecule has 1 amide bonds. The standard InChI is InChI=1S/C17H14F3NO4/c1-24-14-8-3-2-7-13(14)16(23)25-10-15(22)21-12-6-4-5-11(9-12)17(18,19)20/h2-9H,10H2,1H3,(H,21,22). The predicted molar refractivity (Wildman–Crippen MR) is 83.4 cm³/mol. The average molecular weight is 353 g/mol. The van der Waals surface area contributed by atoms with Crippen LogP contribution < -0.4 is 10.1 Å². The number of carbonyl (C=O) groups is 2. The highest BCUT2D eigenvalue weighted by molar-refractivity contribution is 5.96. The molecule has 0 saturated heterocycles. The van der Waals surface area contributed by atoms with Gasteiger partial charge in [-0.25, -0.2) is 4.79 Å². The summed E-state index contributed by atoms with van der Waals surface area (Å²) < 4.78 is 47.7. The van der Waals surface area contributed by atoms with Gasteiger partial charge in [0.05, 0.1) is 12.7 Å². The second-order valence-electron chi connectivity index (χ2n) is 4.90. The van der Waals surface area contributed by atoms with Crippen LogP contribution in [0, 0.1) is 0 Å². The minimum absolute atomic E-state index is 0.0480. The van der Waals surface area contributed by atoms with Crippen molar-refractivity contribution >= 4 is 17.6 Å². The zero-order chi connectivity index (χ0) is 18.4. The van der Waals surface area contributed by atoms with Gasteiger partial charge in [0.25, 0.3) is 5.91 Å². The van der Waals surface area contributed by atoms with E-state index in [0.717, 1.165) is 12.1 Å². The maximum atomic E-state index is 12.6. The average Bonchev–Trinajstić information content (AvgIpc) is 2.59. The summed E-state index contributed by atoms with van der Waals surface area (Å²) in [5.74, 6) is -1.26. The Labute approximate surface area is 141 Å². The van der Waals surface area contributed by atoms with Gasteiger partial charge < -0.3 is 14.8 Å². The van der Waals surface area contributed by atoms with E-state index in [-0.39, 0.29) is 17.0 Å². The molecule has 5 nitrogen and oxygen atoms in total. The SMILES string of the molecule is COc1ccccc1C(=O)OCC(=O)Nc1cccc(C(F)(F)F)c1. The maximum absolute atomic E-state index is 12.6. The molecule has 8 heteroatoms. The lowest BCUT2D eigenvalue weighted by atomic mass is 10.2. The molecule has 25 heavy (non-hydrogen) atoms. The Morgan fingerprint density at radius 3 is 2.48 bits per heavy atom. The molecule has 0 heterocycles. The van der Waals surface area contributed by atoms with Crippen molar-refractivity contribution < 1.29 is 32.2 Å². The molecule has 0 aliphatic rings. The van der Waals surface area contributed by atoms with E-state index >= 15 is 0 Å². The summed E-state index contributed by atoms with van der Waals surface area (Å²) in [6.45, 7) is -0.646. The van der Waals surface area contributed by atoms with Gasteiger partial charge in [-0.05, 0) is 30.3 Å². The monoisotopic (exact) mass is 353 g/mol. The molecule has 2 rings (SSSR count). The summed E-state index contributed by atoms with van der Waals surface area (Å²) in [7, 11) is 1.38. The van der Waals surface area contributed by atoms with Crippen molar-refractivity contribution in [2.45, 2.75) is 6.18 Å². The first-order chi connectivity index (χ1) is 11.8. The van der Waals surface area contributed by atoms with Gasteiger partial charge in [0.2, 0.25) is 0 Å². The molecule has 0 unspecified atom stereocenters. The zero-order valence-corrected chi connectivity index (χ0v) is 13.1. The fraction of sp³-hybridized carbons (Fsp3) is 0.176.